The number of halogens is 2. The molecule has 4 nitrogen and oxygen atoms in total. The van der Waals surface area contributed by atoms with Crippen LogP contribution in [0.25, 0.3) is 0 Å². The fourth-order valence-electron chi connectivity index (χ4n) is 2.59. The molecule has 1 aromatic rings. The molecule has 1 atom stereocenters. The number of sulfonamides is 1. The Balaban J connectivity index is 1.70. The van der Waals surface area contributed by atoms with Gasteiger partial charge in [-0.2, -0.15) is 0 Å². The SMILES string of the molecule is O=S(=O)(NC1CCN(C2CC2)C1)c1ccc(Cl)c(Br)c1. The average molecular weight is 380 g/mol. The third-order valence-corrected chi connectivity index (χ3v) is 6.54. The van der Waals surface area contributed by atoms with Crippen LogP contribution in [0, 0.1) is 0 Å². The Morgan fingerprint density at radius 1 is 1.30 bits per heavy atom. The number of rotatable bonds is 4. The first kappa shape index (κ1) is 14.8. The first-order valence-electron chi connectivity index (χ1n) is 6.67. The maximum absolute atomic E-state index is 12.4. The van der Waals surface area contributed by atoms with Crippen LogP contribution < -0.4 is 4.72 Å². The van der Waals surface area contributed by atoms with Crippen LogP contribution in [-0.2, 0) is 10.0 Å². The van der Waals surface area contributed by atoms with E-state index in [0.29, 0.717) is 15.5 Å². The number of likely N-dealkylation sites (tertiary alicyclic amines) is 1. The number of hydrogen-bond donors (Lipinski definition) is 1. The Morgan fingerprint density at radius 3 is 2.70 bits per heavy atom. The lowest BCUT2D eigenvalue weighted by molar-refractivity contribution is 0.322. The van der Waals surface area contributed by atoms with Gasteiger partial charge in [-0.05, 0) is 53.4 Å². The topological polar surface area (TPSA) is 49.4 Å². The first-order valence-corrected chi connectivity index (χ1v) is 9.32. The summed E-state index contributed by atoms with van der Waals surface area (Å²) in [5, 5.41) is 0.504. The lowest BCUT2D eigenvalue weighted by Crippen LogP contribution is -2.37. The van der Waals surface area contributed by atoms with E-state index in [4.69, 9.17) is 11.6 Å². The van der Waals surface area contributed by atoms with Crippen LogP contribution in [0.15, 0.2) is 27.6 Å². The summed E-state index contributed by atoms with van der Waals surface area (Å²) in [6.07, 6.45) is 3.39. The molecule has 1 aromatic carbocycles. The van der Waals surface area contributed by atoms with E-state index < -0.39 is 10.0 Å². The highest BCUT2D eigenvalue weighted by Crippen LogP contribution is 2.30. The second-order valence-corrected chi connectivity index (χ2v) is 8.38. The second kappa shape index (κ2) is 5.57. The van der Waals surface area contributed by atoms with Crippen molar-refractivity contribution in [2.75, 3.05) is 13.1 Å². The van der Waals surface area contributed by atoms with Crippen molar-refractivity contribution < 1.29 is 8.42 Å². The predicted octanol–water partition coefficient (Wildman–Crippen LogP) is 2.62. The zero-order valence-corrected chi connectivity index (χ0v) is 14.0. The Labute approximate surface area is 132 Å². The fourth-order valence-corrected chi connectivity index (χ4v) is 4.52. The van der Waals surface area contributed by atoms with Crippen molar-refractivity contribution in [2.45, 2.75) is 36.2 Å². The van der Waals surface area contributed by atoms with Crippen molar-refractivity contribution in [1.29, 1.82) is 0 Å². The van der Waals surface area contributed by atoms with Crippen molar-refractivity contribution in [1.82, 2.24) is 9.62 Å². The Hall–Kier alpha value is -0.140. The van der Waals surface area contributed by atoms with E-state index in [-0.39, 0.29) is 10.9 Å². The molecule has 1 N–H and O–H groups in total. The summed E-state index contributed by atoms with van der Waals surface area (Å²) >= 11 is 9.15. The lowest BCUT2D eigenvalue weighted by atomic mass is 10.3. The summed E-state index contributed by atoms with van der Waals surface area (Å²) < 4.78 is 28.1. The second-order valence-electron chi connectivity index (χ2n) is 5.41. The average Bonchev–Trinajstić information content (AvgIpc) is 3.14. The molecule has 1 aliphatic carbocycles. The third-order valence-electron chi connectivity index (χ3n) is 3.81. The van der Waals surface area contributed by atoms with E-state index in [9.17, 15) is 8.42 Å². The molecule has 7 heteroatoms. The zero-order chi connectivity index (χ0) is 14.3. The van der Waals surface area contributed by atoms with Crippen LogP contribution in [0.4, 0.5) is 0 Å². The van der Waals surface area contributed by atoms with Gasteiger partial charge in [0.25, 0.3) is 0 Å². The summed E-state index contributed by atoms with van der Waals surface area (Å²) in [7, 11) is -3.48. The predicted molar refractivity (Wildman–Crippen MR) is 82.5 cm³/mol. The van der Waals surface area contributed by atoms with Crippen LogP contribution >= 0.6 is 27.5 Å². The van der Waals surface area contributed by atoms with E-state index in [2.05, 4.69) is 25.6 Å². The molecule has 110 valence electrons. The molecule has 1 saturated carbocycles. The molecule has 0 bridgehead atoms. The molecule has 20 heavy (non-hydrogen) atoms. The summed E-state index contributed by atoms with van der Waals surface area (Å²) in [6, 6.07) is 5.36. The standard InChI is InChI=1S/C13H16BrClN2O2S/c14-12-7-11(3-4-13(12)15)20(18,19)16-9-5-6-17(8-9)10-1-2-10/h3-4,7,9-10,16H,1-2,5-6,8H2. The fraction of sp³-hybridized carbons (Fsp3) is 0.538. The summed E-state index contributed by atoms with van der Waals surface area (Å²) in [6.45, 7) is 1.81. The normalized spacial score (nSPS) is 24.2. The van der Waals surface area contributed by atoms with Crippen LogP contribution in [0.2, 0.25) is 5.02 Å². The smallest absolute Gasteiger partial charge is 0.240 e. The monoisotopic (exact) mass is 378 g/mol. The Morgan fingerprint density at radius 2 is 2.05 bits per heavy atom. The van der Waals surface area contributed by atoms with E-state index in [1.165, 1.54) is 25.0 Å². The van der Waals surface area contributed by atoms with Gasteiger partial charge in [0.1, 0.15) is 0 Å². The molecular weight excluding hydrogens is 364 g/mol. The summed E-state index contributed by atoms with van der Waals surface area (Å²) in [5.41, 5.74) is 0. The van der Waals surface area contributed by atoms with Crippen LogP contribution in [0.1, 0.15) is 19.3 Å². The molecular formula is C13H16BrClN2O2S. The number of nitrogens with one attached hydrogen (secondary N) is 1. The molecule has 1 heterocycles. The van der Waals surface area contributed by atoms with Gasteiger partial charge >= 0.3 is 0 Å². The van der Waals surface area contributed by atoms with Gasteiger partial charge in [0.15, 0.2) is 0 Å². The van der Waals surface area contributed by atoms with Crippen LogP contribution in [0.5, 0.6) is 0 Å². The summed E-state index contributed by atoms with van der Waals surface area (Å²) in [5.74, 6) is 0. The summed E-state index contributed by atoms with van der Waals surface area (Å²) in [4.78, 5) is 2.63. The van der Waals surface area contributed by atoms with Crippen molar-refractivity contribution >= 4 is 37.6 Å². The molecule has 0 amide bonds. The lowest BCUT2D eigenvalue weighted by Gasteiger charge is -2.16. The molecule has 2 aliphatic rings. The molecule has 2 fully saturated rings. The maximum atomic E-state index is 12.4. The highest BCUT2D eigenvalue weighted by molar-refractivity contribution is 9.10. The molecule has 1 aliphatic heterocycles. The van der Waals surface area contributed by atoms with Gasteiger partial charge in [-0.1, -0.05) is 11.6 Å². The number of nitrogens with zero attached hydrogens (tertiary/aromatic N) is 1. The number of benzene rings is 1. The van der Waals surface area contributed by atoms with Gasteiger partial charge < -0.3 is 0 Å². The van der Waals surface area contributed by atoms with Gasteiger partial charge in [-0.3, -0.25) is 4.90 Å². The molecule has 3 rings (SSSR count). The van der Waals surface area contributed by atoms with Crippen molar-refractivity contribution in [3.63, 3.8) is 0 Å². The zero-order valence-electron chi connectivity index (χ0n) is 10.9. The third kappa shape index (κ3) is 3.20. The van der Waals surface area contributed by atoms with Crippen molar-refractivity contribution in [3.05, 3.63) is 27.7 Å². The van der Waals surface area contributed by atoms with Gasteiger partial charge in [0.2, 0.25) is 10.0 Å². The van der Waals surface area contributed by atoms with E-state index in [1.54, 1.807) is 6.07 Å². The van der Waals surface area contributed by atoms with Gasteiger partial charge in [0, 0.05) is 29.6 Å². The van der Waals surface area contributed by atoms with Gasteiger partial charge in [-0.25, -0.2) is 13.1 Å². The van der Waals surface area contributed by atoms with Crippen molar-refractivity contribution in [2.24, 2.45) is 0 Å². The highest BCUT2D eigenvalue weighted by atomic mass is 79.9. The Bertz CT molecular complexity index is 619. The minimum atomic E-state index is -3.48. The van der Waals surface area contributed by atoms with Gasteiger partial charge in [-0.15, -0.1) is 0 Å². The van der Waals surface area contributed by atoms with Gasteiger partial charge in [0.05, 0.1) is 9.92 Å². The van der Waals surface area contributed by atoms with E-state index in [1.807, 2.05) is 0 Å². The highest BCUT2D eigenvalue weighted by Gasteiger charge is 2.35. The minimum Gasteiger partial charge on any atom is -0.299 e. The van der Waals surface area contributed by atoms with E-state index in [0.717, 1.165) is 19.5 Å². The largest absolute Gasteiger partial charge is 0.299 e. The molecule has 0 aromatic heterocycles. The van der Waals surface area contributed by atoms with Crippen molar-refractivity contribution in [3.8, 4) is 0 Å². The Kier molecular flexibility index (Phi) is 4.12. The quantitative estimate of drug-likeness (QED) is 0.875. The molecule has 0 spiro atoms. The minimum absolute atomic E-state index is 0.00931. The molecule has 1 saturated heterocycles. The van der Waals surface area contributed by atoms with Crippen LogP contribution in [0.3, 0.4) is 0 Å². The molecule has 0 radical (unpaired) electrons. The van der Waals surface area contributed by atoms with Crippen LogP contribution in [-0.4, -0.2) is 38.5 Å². The first-order chi connectivity index (χ1) is 9.45. The molecule has 1 unspecified atom stereocenters. The maximum Gasteiger partial charge on any atom is 0.240 e. The van der Waals surface area contributed by atoms with E-state index >= 15 is 0 Å². The number of hydrogen-bond acceptors (Lipinski definition) is 3.